The molecule has 1 aliphatic rings. The lowest BCUT2D eigenvalue weighted by molar-refractivity contribution is 0.164. The van der Waals surface area contributed by atoms with Crippen molar-refractivity contribution in [2.24, 2.45) is 0 Å². The summed E-state index contributed by atoms with van der Waals surface area (Å²) >= 11 is 5.59. The molecule has 0 bridgehead atoms. The Morgan fingerprint density at radius 3 is 2.79 bits per heavy atom. The molecule has 0 amide bonds. The number of hydrogen-bond acceptors (Lipinski definition) is 3. The molecule has 0 radical (unpaired) electrons. The van der Waals surface area contributed by atoms with Gasteiger partial charge in [0.25, 0.3) is 0 Å². The zero-order valence-electron chi connectivity index (χ0n) is 14.3. The third kappa shape index (κ3) is 3.30. The maximum Gasteiger partial charge on any atom is 0.170 e. The molecule has 3 rings (SSSR count). The normalized spacial score (nSPS) is 20.7. The van der Waals surface area contributed by atoms with E-state index in [2.05, 4.69) is 52.1 Å². The number of nitrogens with zero attached hydrogens (tertiary/aromatic N) is 3. The van der Waals surface area contributed by atoms with Crippen LogP contribution in [0.1, 0.15) is 43.2 Å². The first-order chi connectivity index (χ1) is 11.6. The second-order valence-electron chi connectivity index (χ2n) is 6.30. The van der Waals surface area contributed by atoms with Crippen LogP contribution in [0.4, 0.5) is 0 Å². The van der Waals surface area contributed by atoms with Crippen molar-refractivity contribution in [2.75, 3.05) is 20.3 Å². The lowest BCUT2D eigenvalue weighted by Gasteiger charge is -2.27. The van der Waals surface area contributed by atoms with E-state index in [4.69, 9.17) is 17.0 Å². The van der Waals surface area contributed by atoms with Crippen LogP contribution in [0.3, 0.4) is 0 Å². The van der Waals surface area contributed by atoms with Gasteiger partial charge in [0.2, 0.25) is 0 Å². The predicted molar refractivity (Wildman–Crippen MR) is 98.9 cm³/mol. The summed E-state index contributed by atoms with van der Waals surface area (Å²) in [7, 11) is 1.72. The molecule has 24 heavy (non-hydrogen) atoms. The highest BCUT2D eigenvalue weighted by Gasteiger charge is 2.39. The molecule has 0 unspecified atom stereocenters. The summed E-state index contributed by atoms with van der Waals surface area (Å²) in [6.07, 6.45) is 6.17. The smallest absolute Gasteiger partial charge is 0.170 e. The Hall–Kier alpha value is -1.92. The molecule has 0 spiro atoms. The van der Waals surface area contributed by atoms with Gasteiger partial charge in [-0.05, 0) is 49.8 Å². The predicted octanol–water partition coefficient (Wildman–Crippen LogP) is 3.08. The lowest BCUT2D eigenvalue weighted by atomic mass is 9.99. The fourth-order valence-electron chi connectivity index (χ4n) is 3.13. The standard InChI is InChI=1S/C18H24N4OS/c1-13(2)21-9-7-14(12-21)17-16(15-6-4-5-8-19-15)20-18(24)22(17)10-11-23-3/h4-9,12-13,16-17H,10-11H2,1-3H3,(H,20,24)/t16-,17-/m0/s1. The fraction of sp³-hybridized carbons (Fsp3) is 0.444. The lowest BCUT2D eigenvalue weighted by Crippen LogP contribution is -2.32. The molecule has 2 aromatic heterocycles. The molecule has 1 N–H and O–H groups in total. The number of ether oxygens (including phenoxy) is 1. The Kier molecular flexibility index (Phi) is 5.16. The highest BCUT2D eigenvalue weighted by molar-refractivity contribution is 7.80. The van der Waals surface area contributed by atoms with Gasteiger partial charge in [-0.15, -0.1) is 0 Å². The van der Waals surface area contributed by atoms with Crippen LogP contribution in [0.15, 0.2) is 42.9 Å². The molecule has 128 valence electrons. The Morgan fingerprint density at radius 2 is 2.17 bits per heavy atom. The number of rotatable bonds is 6. The van der Waals surface area contributed by atoms with Crippen LogP contribution >= 0.6 is 12.2 Å². The molecular formula is C18H24N4OS. The summed E-state index contributed by atoms with van der Waals surface area (Å²) in [6, 6.07) is 8.76. The van der Waals surface area contributed by atoms with Crippen LogP contribution in [0, 0.1) is 0 Å². The average Bonchev–Trinajstić information content (AvgIpc) is 3.18. The van der Waals surface area contributed by atoms with E-state index in [0.29, 0.717) is 12.6 Å². The molecule has 2 atom stereocenters. The van der Waals surface area contributed by atoms with Gasteiger partial charge in [0.15, 0.2) is 5.11 Å². The largest absolute Gasteiger partial charge is 0.383 e. The molecule has 5 nitrogen and oxygen atoms in total. The van der Waals surface area contributed by atoms with Crippen molar-refractivity contribution < 1.29 is 4.74 Å². The van der Waals surface area contributed by atoms with Crippen LogP contribution < -0.4 is 5.32 Å². The molecule has 1 saturated heterocycles. The zero-order valence-corrected chi connectivity index (χ0v) is 15.2. The van der Waals surface area contributed by atoms with E-state index in [1.165, 1.54) is 5.56 Å². The van der Waals surface area contributed by atoms with Crippen molar-refractivity contribution in [3.63, 3.8) is 0 Å². The van der Waals surface area contributed by atoms with Gasteiger partial charge in [-0.3, -0.25) is 4.98 Å². The van der Waals surface area contributed by atoms with Gasteiger partial charge < -0.3 is 19.5 Å². The molecule has 1 fully saturated rings. The summed E-state index contributed by atoms with van der Waals surface area (Å²) in [6.45, 7) is 5.75. The number of thiocarbonyl (C=S) groups is 1. The number of aromatic nitrogens is 2. The van der Waals surface area contributed by atoms with Crippen molar-refractivity contribution >= 4 is 17.3 Å². The van der Waals surface area contributed by atoms with E-state index in [-0.39, 0.29) is 12.1 Å². The van der Waals surface area contributed by atoms with E-state index in [9.17, 15) is 0 Å². The summed E-state index contributed by atoms with van der Waals surface area (Å²) < 4.78 is 7.49. The van der Waals surface area contributed by atoms with Gasteiger partial charge in [-0.2, -0.15) is 0 Å². The monoisotopic (exact) mass is 344 g/mol. The quantitative estimate of drug-likeness (QED) is 0.816. The van der Waals surface area contributed by atoms with Crippen LogP contribution in [-0.4, -0.2) is 39.8 Å². The zero-order chi connectivity index (χ0) is 17.1. The van der Waals surface area contributed by atoms with Crippen LogP contribution in [0.25, 0.3) is 0 Å². The average molecular weight is 344 g/mol. The van der Waals surface area contributed by atoms with Crippen molar-refractivity contribution in [1.82, 2.24) is 19.8 Å². The first-order valence-electron chi connectivity index (χ1n) is 8.26. The van der Waals surface area contributed by atoms with E-state index in [1.54, 1.807) is 7.11 Å². The number of pyridine rings is 1. The molecule has 1 aliphatic heterocycles. The second kappa shape index (κ2) is 7.32. The Labute approximate surface area is 148 Å². The molecular weight excluding hydrogens is 320 g/mol. The number of hydrogen-bond donors (Lipinski definition) is 1. The van der Waals surface area contributed by atoms with Crippen LogP contribution in [0.5, 0.6) is 0 Å². The third-order valence-electron chi connectivity index (χ3n) is 4.41. The van der Waals surface area contributed by atoms with Crippen molar-refractivity contribution in [1.29, 1.82) is 0 Å². The molecule has 3 heterocycles. The third-order valence-corrected chi connectivity index (χ3v) is 4.76. The Balaban J connectivity index is 1.96. The van der Waals surface area contributed by atoms with Crippen molar-refractivity contribution in [3.05, 3.63) is 54.1 Å². The minimum Gasteiger partial charge on any atom is -0.383 e. The molecule has 6 heteroatoms. The molecule has 0 saturated carbocycles. The maximum atomic E-state index is 5.59. The number of methoxy groups -OCH3 is 1. The SMILES string of the molecule is COCCN1C(=S)N[C@@H](c2ccccn2)[C@@H]1c1ccn(C(C)C)c1. The Morgan fingerprint density at radius 1 is 1.33 bits per heavy atom. The van der Waals surface area contributed by atoms with E-state index in [1.807, 2.05) is 24.4 Å². The van der Waals surface area contributed by atoms with Crippen LogP contribution in [0.2, 0.25) is 0 Å². The second-order valence-corrected chi connectivity index (χ2v) is 6.69. The molecule has 0 aliphatic carbocycles. The summed E-state index contributed by atoms with van der Waals surface area (Å²) in [5.74, 6) is 0. The van der Waals surface area contributed by atoms with Crippen molar-refractivity contribution in [3.8, 4) is 0 Å². The minimum atomic E-state index is 0.0403. The first kappa shape index (κ1) is 16.9. The van der Waals surface area contributed by atoms with E-state index >= 15 is 0 Å². The van der Waals surface area contributed by atoms with Crippen LogP contribution in [-0.2, 0) is 4.74 Å². The molecule has 0 aromatic carbocycles. The van der Waals surface area contributed by atoms with E-state index < -0.39 is 0 Å². The highest BCUT2D eigenvalue weighted by atomic mass is 32.1. The summed E-state index contributed by atoms with van der Waals surface area (Å²) in [5.41, 5.74) is 2.24. The van der Waals surface area contributed by atoms with Gasteiger partial charge in [0, 0.05) is 38.3 Å². The first-order valence-corrected chi connectivity index (χ1v) is 8.67. The maximum absolute atomic E-state index is 5.59. The van der Waals surface area contributed by atoms with E-state index in [0.717, 1.165) is 17.4 Å². The highest BCUT2D eigenvalue weighted by Crippen LogP contribution is 2.38. The summed E-state index contributed by atoms with van der Waals surface area (Å²) in [4.78, 5) is 6.75. The van der Waals surface area contributed by atoms with Gasteiger partial charge in [0.05, 0.1) is 24.4 Å². The summed E-state index contributed by atoms with van der Waals surface area (Å²) in [5, 5.41) is 4.20. The minimum absolute atomic E-state index is 0.0403. The van der Waals surface area contributed by atoms with Gasteiger partial charge in [-0.1, -0.05) is 6.07 Å². The fourth-order valence-corrected chi connectivity index (χ4v) is 3.46. The molecule has 2 aromatic rings. The van der Waals surface area contributed by atoms with Gasteiger partial charge in [0.1, 0.15) is 0 Å². The number of nitrogens with one attached hydrogen (secondary N) is 1. The van der Waals surface area contributed by atoms with Gasteiger partial charge >= 0.3 is 0 Å². The van der Waals surface area contributed by atoms with Gasteiger partial charge in [-0.25, -0.2) is 0 Å². The van der Waals surface area contributed by atoms with Crippen molar-refractivity contribution in [2.45, 2.75) is 32.0 Å². The Bertz CT molecular complexity index is 685. The topological polar surface area (TPSA) is 42.3 Å².